The van der Waals surface area contributed by atoms with E-state index in [1.54, 1.807) is 19.2 Å². The molecule has 0 aliphatic carbocycles. The van der Waals surface area contributed by atoms with Crippen LogP contribution in [0.4, 0.5) is 4.39 Å². The highest BCUT2D eigenvalue weighted by molar-refractivity contribution is 7.99. The summed E-state index contributed by atoms with van der Waals surface area (Å²) in [6, 6.07) is 14.5. The zero-order valence-corrected chi connectivity index (χ0v) is 20.2. The Bertz CT molecular complexity index is 1070. The molecule has 1 amide bonds. The number of thioether (sulfide) groups is 1. The van der Waals surface area contributed by atoms with Crippen molar-refractivity contribution in [2.75, 3.05) is 25.9 Å². The van der Waals surface area contributed by atoms with E-state index in [2.05, 4.69) is 15.1 Å². The molecule has 0 unspecified atom stereocenters. The lowest BCUT2D eigenvalue weighted by atomic mass is 10.1. The molecule has 4 rings (SSSR count). The van der Waals surface area contributed by atoms with Gasteiger partial charge in [0.1, 0.15) is 5.82 Å². The highest BCUT2D eigenvalue weighted by atomic mass is 35.5. The van der Waals surface area contributed by atoms with Crippen molar-refractivity contribution in [1.82, 2.24) is 24.6 Å². The number of rotatable bonds is 8. The number of likely N-dealkylation sites (tertiary alicyclic amines) is 1. The third-order valence-electron chi connectivity index (χ3n) is 5.74. The summed E-state index contributed by atoms with van der Waals surface area (Å²) < 4.78 is 16.1. The molecule has 0 spiro atoms. The van der Waals surface area contributed by atoms with Crippen LogP contribution >= 0.6 is 23.4 Å². The average Bonchev–Trinajstić information content (AvgIpc) is 3.23. The largest absolute Gasteiger partial charge is 0.341 e. The summed E-state index contributed by atoms with van der Waals surface area (Å²) in [4.78, 5) is 16.7. The minimum atomic E-state index is -0.416. The van der Waals surface area contributed by atoms with Crippen LogP contribution in [0.5, 0.6) is 0 Å². The molecule has 9 heteroatoms. The molecule has 0 bridgehead atoms. The quantitative estimate of drug-likeness (QED) is 0.427. The second-order valence-electron chi connectivity index (χ2n) is 8.15. The van der Waals surface area contributed by atoms with Gasteiger partial charge >= 0.3 is 0 Å². The Labute approximate surface area is 202 Å². The smallest absolute Gasteiger partial charge is 0.233 e. The number of hydrogen-bond donors (Lipinski definition) is 0. The van der Waals surface area contributed by atoms with Crippen LogP contribution in [0.2, 0.25) is 5.02 Å². The lowest BCUT2D eigenvalue weighted by Crippen LogP contribution is -2.30. The van der Waals surface area contributed by atoms with Gasteiger partial charge < -0.3 is 4.90 Å². The fraction of sp³-hybridized carbons (Fsp3) is 0.375. The lowest BCUT2D eigenvalue weighted by molar-refractivity contribution is -0.127. The molecular formula is C24H27ClFN5OS. The zero-order valence-electron chi connectivity index (χ0n) is 18.6. The fourth-order valence-corrected chi connectivity index (χ4v) is 5.03. The molecule has 2 aromatic carbocycles. The molecule has 6 nitrogen and oxygen atoms in total. The first-order valence-electron chi connectivity index (χ1n) is 11.0. The van der Waals surface area contributed by atoms with Gasteiger partial charge in [0.2, 0.25) is 5.91 Å². The number of aromatic nitrogens is 3. The third kappa shape index (κ3) is 5.93. The summed E-state index contributed by atoms with van der Waals surface area (Å²) in [5, 5.41) is 9.84. The third-order valence-corrected chi connectivity index (χ3v) is 7.00. The van der Waals surface area contributed by atoms with E-state index in [1.165, 1.54) is 42.0 Å². The molecule has 1 fully saturated rings. The van der Waals surface area contributed by atoms with E-state index < -0.39 is 5.82 Å². The Morgan fingerprint density at radius 3 is 2.58 bits per heavy atom. The van der Waals surface area contributed by atoms with Gasteiger partial charge in [0, 0.05) is 29.9 Å². The van der Waals surface area contributed by atoms with Crippen LogP contribution in [-0.4, -0.2) is 56.4 Å². The topological polar surface area (TPSA) is 54.3 Å². The number of carbonyl (C=O) groups is 1. The van der Waals surface area contributed by atoms with Crippen molar-refractivity contribution in [3.63, 3.8) is 0 Å². The normalized spacial score (nSPS) is 14.4. The number of carbonyl (C=O) groups excluding carboxylic acids is 1. The van der Waals surface area contributed by atoms with Crippen LogP contribution in [0.15, 0.2) is 53.7 Å². The van der Waals surface area contributed by atoms with Gasteiger partial charge in [-0.2, -0.15) is 0 Å². The van der Waals surface area contributed by atoms with E-state index in [9.17, 15) is 9.18 Å². The minimum absolute atomic E-state index is 0.108. The molecule has 3 aromatic rings. The second-order valence-corrected chi connectivity index (χ2v) is 9.49. The van der Waals surface area contributed by atoms with Gasteiger partial charge in [-0.15, -0.1) is 10.2 Å². The Kier molecular flexibility index (Phi) is 8.01. The van der Waals surface area contributed by atoms with Gasteiger partial charge in [-0.25, -0.2) is 4.39 Å². The molecule has 2 heterocycles. The monoisotopic (exact) mass is 487 g/mol. The number of halogens is 2. The first-order valence-corrected chi connectivity index (χ1v) is 12.4. The maximum atomic E-state index is 14.1. The van der Waals surface area contributed by atoms with Crippen LogP contribution in [0, 0.1) is 5.82 Å². The Hall–Kier alpha value is -2.42. The number of amides is 1. The van der Waals surface area contributed by atoms with E-state index in [0.29, 0.717) is 15.7 Å². The van der Waals surface area contributed by atoms with Crippen molar-refractivity contribution in [3.8, 4) is 5.69 Å². The Balaban J connectivity index is 1.47. The van der Waals surface area contributed by atoms with Crippen LogP contribution in [-0.2, 0) is 17.9 Å². The Morgan fingerprint density at radius 2 is 1.85 bits per heavy atom. The van der Waals surface area contributed by atoms with E-state index >= 15 is 0 Å². The summed E-state index contributed by atoms with van der Waals surface area (Å²) in [6.07, 6.45) is 3.68. The summed E-state index contributed by atoms with van der Waals surface area (Å²) in [5.41, 5.74) is 1.28. The van der Waals surface area contributed by atoms with Gasteiger partial charge in [-0.1, -0.05) is 54.0 Å². The van der Waals surface area contributed by atoms with Crippen LogP contribution in [0.1, 0.15) is 30.7 Å². The van der Waals surface area contributed by atoms with Crippen LogP contribution in [0.3, 0.4) is 0 Å². The average molecular weight is 488 g/mol. The highest BCUT2D eigenvalue weighted by Gasteiger charge is 2.21. The fourth-order valence-electron chi connectivity index (χ4n) is 3.90. The molecule has 0 saturated carbocycles. The number of benzene rings is 2. The number of nitrogens with zero attached hydrogens (tertiary/aromatic N) is 5. The minimum Gasteiger partial charge on any atom is -0.341 e. The summed E-state index contributed by atoms with van der Waals surface area (Å²) >= 11 is 7.45. The van der Waals surface area contributed by atoms with Gasteiger partial charge in [0.25, 0.3) is 0 Å². The lowest BCUT2D eigenvalue weighted by Gasteiger charge is -2.26. The molecule has 33 heavy (non-hydrogen) atoms. The van der Waals surface area contributed by atoms with Gasteiger partial charge in [0.05, 0.1) is 12.3 Å². The summed E-state index contributed by atoms with van der Waals surface area (Å²) in [7, 11) is 1.65. The summed E-state index contributed by atoms with van der Waals surface area (Å²) in [5.74, 6) is 0.474. The van der Waals surface area contributed by atoms with Crippen molar-refractivity contribution in [1.29, 1.82) is 0 Å². The molecule has 1 aliphatic rings. The molecule has 1 aliphatic heterocycles. The predicted molar refractivity (Wildman–Crippen MR) is 129 cm³/mol. The summed E-state index contributed by atoms with van der Waals surface area (Å²) in [6.45, 7) is 2.95. The molecule has 0 N–H and O–H groups in total. The van der Waals surface area contributed by atoms with Crippen molar-refractivity contribution in [3.05, 3.63) is 70.8 Å². The number of para-hydroxylation sites is 1. The van der Waals surface area contributed by atoms with Gasteiger partial charge in [-0.05, 0) is 50.2 Å². The van der Waals surface area contributed by atoms with Crippen LogP contribution in [0.25, 0.3) is 5.69 Å². The molecule has 174 valence electrons. The SMILES string of the molecule is CN(Cc1c(F)cccc1Cl)C(=O)CSc1nnc(CN2CCCCC2)n1-c1ccccc1. The van der Waals surface area contributed by atoms with Gasteiger partial charge in [0.15, 0.2) is 11.0 Å². The standard InChI is InChI=1S/C24H27ClFN5OS/c1-29(15-19-20(25)11-8-12-21(19)26)23(32)17-33-24-28-27-22(16-30-13-6-3-7-14-30)31(24)18-9-4-2-5-10-18/h2,4-5,8-12H,3,6-7,13-17H2,1H3. The van der Waals surface area contributed by atoms with Crippen molar-refractivity contribution in [2.45, 2.75) is 37.5 Å². The number of piperidine rings is 1. The second kappa shape index (κ2) is 11.1. The van der Waals surface area contributed by atoms with Crippen molar-refractivity contribution < 1.29 is 9.18 Å². The molecule has 0 radical (unpaired) electrons. The van der Waals surface area contributed by atoms with Crippen molar-refractivity contribution >= 4 is 29.3 Å². The van der Waals surface area contributed by atoms with E-state index in [0.717, 1.165) is 31.1 Å². The zero-order chi connectivity index (χ0) is 23.2. The maximum absolute atomic E-state index is 14.1. The van der Waals surface area contributed by atoms with Crippen molar-refractivity contribution in [2.24, 2.45) is 0 Å². The number of hydrogen-bond acceptors (Lipinski definition) is 5. The van der Waals surface area contributed by atoms with E-state index in [-0.39, 0.29) is 18.2 Å². The van der Waals surface area contributed by atoms with Gasteiger partial charge in [-0.3, -0.25) is 14.3 Å². The van der Waals surface area contributed by atoms with E-state index in [1.807, 2.05) is 34.9 Å². The first kappa shape index (κ1) is 23.7. The molecule has 1 saturated heterocycles. The molecule has 1 aromatic heterocycles. The first-order chi connectivity index (χ1) is 16.0. The maximum Gasteiger partial charge on any atom is 0.233 e. The van der Waals surface area contributed by atoms with E-state index in [4.69, 9.17) is 11.6 Å². The molecular weight excluding hydrogens is 461 g/mol. The highest BCUT2D eigenvalue weighted by Crippen LogP contribution is 2.25. The molecule has 0 atom stereocenters. The van der Waals surface area contributed by atoms with Crippen LogP contribution < -0.4 is 0 Å². The predicted octanol–water partition coefficient (Wildman–Crippen LogP) is 4.80. The Morgan fingerprint density at radius 1 is 1.09 bits per heavy atom.